The predicted molar refractivity (Wildman–Crippen MR) is 56.5 cm³/mol. The Hall–Kier alpha value is -1.41. The third kappa shape index (κ3) is 1.49. The molecule has 1 atom stereocenters. The van der Waals surface area contributed by atoms with Crippen LogP contribution >= 0.6 is 0 Å². The first-order valence-corrected chi connectivity index (χ1v) is 4.62. The van der Waals surface area contributed by atoms with E-state index in [1.807, 2.05) is 25.1 Å². The van der Waals surface area contributed by atoms with Gasteiger partial charge in [0.1, 0.15) is 5.82 Å². The average molecular weight is 189 g/mol. The highest BCUT2D eigenvalue weighted by atomic mass is 19.1. The maximum atomic E-state index is 13.3. The number of benzene rings is 2. The molecule has 72 valence electrons. The van der Waals surface area contributed by atoms with E-state index in [0.29, 0.717) is 5.39 Å². The van der Waals surface area contributed by atoms with E-state index >= 15 is 0 Å². The number of hydrogen-bond acceptors (Lipinski definition) is 1. The zero-order valence-electron chi connectivity index (χ0n) is 8.00. The van der Waals surface area contributed by atoms with Gasteiger partial charge in [-0.15, -0.1) is 0 Å². The second kappa shape index (κ2) is 3.39. The molecule has 0 aliphatic heterocycles. The van der Waals surface area contributed by atoms with Crippen LogP contribution in [0.2, 0.25) is 0 Å². The Kier molecular flexibility index (Phi) is 2.22. The van der Waals surface area contributed by atoms with Crippen LogP contribution in [-0.2, 0) is 0 Å². The van der Waals surface area contributed by atoms with Crippen molar-refractivity contribution in [2.24, 2.45) is 5.73 Å². The molecule has 14 heavy (non-hydrogen) atoms. The minimum atomic E-state index is -0.182. The first-order chi connectivity index (χ1) is 6.68. The standard InChI is InChI=1S/C12H12FN/c1-8(14)9-5-6-11-10(7-9)3-2-4-12(11)13/h2-8H,14H2,1H3. The Morgan fingerprint density at radius 1 is 1.21 bits per heavy atom. The van der Waals surface area contributed by atoms with Gasteiger partial charge in [-0.05, 0) is 30.0 Å². The highest BCUT2D eigenvalue weighted by molar-refractivity contribution is 5.83. The van der Waals surface area contributed by atoms with E-state index < -0.39 is 0 Å². The van der Waals surface area contributed by atoms with Gasteiger partial charge in [-0.25, -0.2) is 4.39 Å². The quantitative estimate of drug-likeness (QED) is 0.733. The molecule has 0 bridgehead atoms. The zero-order valence-corrected chi connectivity index (χ0v) is 8.00. The van der Waals surface area contributed by atoms with Gasteiger partial charge in [0.25, 0.3) is 0 Å². The summed E-state index contributed by atoms with van der Waals surface area (Å²) < 4.78 is 13.3. The summed E-state index contributed by atoms with van der Waals surface area (Å²) in [7, 11) is 0. The van der Waals surface area contributed by atoms with Gasteiger partial charge in [-0.3, -0.25) is 0 Å². The molecule has 0 aliphatic rings. The van der Waals surface area contributed by atoms with Crippen LogP contribution in [0.5, 0.6) is 0 Å². The van der Waals surface area contributed by atoms with Gasteiger partial charge in [0.15, 0.2) is 0 Å². The molecule has 0 radical (unpaired) electrons. The normalized spacial score (nSPS) is 13.1. The van der Waals surface area contributed by atoms with Crippen molar-refractivity contribution in [3.05, 3.63) is 47.8 Å². The van der Waals surface area contributed by atoms with Crippen molar-refractivity contribution < 1.29 is 4.39 Å². The zero-order chi connectivity index (χ0) is 10.1. The minimum absolute atomic E-state index is 0.0114. The molecule has 1 nitrogen and oxygen atoms in total. The fraction of sp³-hybridized carbons (Fsp3) is 0.167. The van der Waals surface area contributed by atoms with Crippen molar-refractivity contribution in [2.75, 3.05) is 0 Å². The summed E-state index contributed by atoms with van der Waals surface area (Å²) in [6, 6.07) is 10.6. The molecule has 0 saturated carbocycles. The molecule has 0 saturated heterocycles. The first kappa shape index (κ1) is 9.16. The fourth-order valence-electron chi connectivity index (χ4n) is 1.55. The van der Waals surface area contributed by atoms with E-state index in [1.54, 1.807) is 12.1 Å². The van der Waals surface area contributed by atoms with Crippen LogP contribution in [0.25, 0.3) is 10.8 Å². The lowest BCUT2D eigenvalue weighted by Gasteiger charge is -2.07. The molecule has 0 fully saturated rings. The summed E-state index contributed by atoms with van der Waals surface area (Å²) >= 11 is 0. The Bertz CT molecular complexity index is 463. The van der Waals surface area contributed by atoms with Gasteiger partial charge in [-0.1, -0.05) is 24.3 Å². The molecule has 0 aromatic heterocycles. The van der Waals surface area contributed by atoms with Crippen molar-refractivity contribution in [1.82, 2.24) is 0 Å². The fourth-order valence-corrected chi connectivity index (χ4v) is 1.55. The van der Waals surface area contributed by atoms with Crippen LogP contribution in [0, 0.1) is 5.82 Å². The van der Waals surface area contributed by atoms with Gasteiger partial charge >= 0.3 is 0 Å². The van der Waals surface area contributed by atoms with E-state index in [1.165, 1.54) is 6.07 Å². The SMILES string of the molecule is CC(N)c1ccc2c(F)cccc2c1. The van der Waals surface area contributed by atoms with Crippen LogP contribution in [0.3, 0.4) is 0 Å². The Balaban J connectivity index is 2.67. The monoisotopic (exact) mass is 189 g/mol. The highest BCUT2D eigenvalue weighted by Crippen LogP contribution is 2.21. The molecule has 2 aromatic carbocycles. The third-order valence-electron chi connectivity index (χ3n) is 2.38. The third-order valence-corrected chi connectivity index (χ3v) is 2.38. The average Bonchev–Trinajstić information content (AvgIpc) is 2.17. The summed E-state index contributed by atoms with van der Waals surface area (Å²) in [5.74, 6) is -0.182. The number of halogens is 1. The van der Waals surface area contributed by atoms with Crippen molar-refractivity contribution in [1.29, 1.82) is 0 Å². The molecule has 1 unspecified atom stereocenters. The first-order valence-electron chi connectivity index (χ1n) is 4.62. The van der Waals surface area contributed by atoms with E-state index in [0.717, 1.165) is 10.9 Å². The topological polar surface area (TPSA) is 26.0 Å². The lowest BCUT2D eigenvalue weighted by Crippen LogP contribution is -2.04. The van der Waals surface area contributed by atoms with E-state index in [2.05, 4.69) is 0 Å². The van der Waals surface area contributed by atoms with Crippen molar-refractivity contribution >= 4 is 10.8 Å². The molecule has 0 spiro atoms. The molecule has 0 heterocycles. The maximum Gasteiger partial charge on any atom is 0.131 e. The molecular weight excluding hydrogens is 177 g/mol. The van der Waals surface area contributed by atoms with Gasteiger partial charge in [0.05, 0.1) is 0 Å². The summed E-state index contributed by atoms with van der Waals surface area (Å²) in [5, 5.41) is 1.55. The Labute approximate surface area is 82.3 Å². The largest absolute Gasteiger partial charge is 0.324 e. The van der Waals surface area contributed by atoms with Crippen LogP contribution in [0.1, 0.15) is 18.5 Å². The highest BCUT2D eigenvalue weighted by Gasteiger charge is 2.03. The molecule has 2 aromatic rings. The minimum Gasteiger partial charge on any atom is -0.324 e. The van der Waals surface area contributed by atoms with Gasteiger partial charge < -0.3 is 5.73 Å². The maximum absolute atomic E-state index is 13.3. The van der Waals surface area contributed by atoms with Crippen molar-refractivity contribution in [3.63, 3.8) is 0 Å². The van der Waals surface area contributed by atoms with E-state index in [4.69, 9.17) is 5.73 Å². The molecule has 2 rings (SSSR count). The number of nitrogens with two attached hydrogens (primary N) is 1. The second-order valence-electron chi connectivity index (χ2n) is 3.51. The van der Waals surface area contributed by atoms with Crippen LogP contribution in [-0.4, -0.2) is 0 Å². The molecule has 2 heteroatoms. The van der Waals surface area contributed by atoms with Gasteiger partial charge in [0.2, 0.25) is 0 Å². The van der Waals surface area contributed by atoms with Crippen LogP contribution < -0.4 is 5.73 Å². The van der Waals surface area contributed by atoms with E-state index in [-0.39, 0.29) is 11.9 Å². The van der Waals surface area contributed by atoms with Crippen molar-refractivity contribution in [2.45, 2.75) is 13.0 Å². The van der Waals surface area contributed by atoms with E-state index in [9.17, 15) is 4.39 Å². The summed E-state index contributed by atoms with van der Waals surface area (Å²) in [4.78, 5) is 0. The summed E-state index contributed by atoms with van der Waals surface area (Å²) in [5.41, 5.74) is 6.78. The Morgan fingerprint density at radius 3 is 2.71 bits per heavy atom. The molecule has 0 amide bonds. The molecular formula is C12H12FN. The Morgan fingerprint density at radius 2 is 2.00 bits per heavy atom. The lowest BCUT2D eigenvalue weighted by molar-refractivity contribution is 0.640. The summed E-state index contributed by atoms with van der Waals surface area (Å²) in [6.45, 7) is 1.92. The van der Waals surface area contributed by atoms with Gasteiger partial charge in [0, 0.05) is 11.4 Å². The van der Waals surface area contributed by atoms with Crippen LogP contribution in [0.15, 0.2) is 36.4 Å². The molecule has 2 N–H and O–H groups in total. The molecule has 0 aliphatic carbocycles. The summed E-state index contributed by atoms with van der Waals surface area (Å²) in [6.07, 6.45) is 0. The lowest BCUT2D eigenvalue weighted by atomic mass is 10.0. The van der Waals surface area contributed by atoms with Crippen LogP contribution in [0.4, 0.5) is 4.39 Å². The van der Waals surface area contributed by atoms with Gasteiger partial charge in [-0.2, -0.15) is 0 Å². The second-order valence-corrected chi connectivity index (χ2v) is 3.51. The number of rotatable bonds is 1. The number of fused-ring (bicyclic) bond motifs is 1. The number of hydrogen-bond donors (Lipinski definition) is 1. The smallest absolute Gasteiger partial charge is 0.131 e. The predicted octanol–water partition coefficient (Wildman–Crippen LogP) is 3.00. The van der Waals surface area contributed by atoms with Crippen molar-refractivity contribution in [3.8, 4) is 0 Å².